The molecule has 208 valence electrons. The van der Waals surface area contributed by atoms with Gasteiger partial charge in [-0.3, -0.25) is 9.59 Å². The summed E-state index contributed by atoms with van der Waals surface area (Å²) < 4.78 is 46.1. The fourth-order valence-electron chi connectivity index (χ4n) is 5.09. The molecule has 1 aliphatic rings. The molecule has 0 saturated heterocycles. The molecule has 3 aromatic carbocycles. The van der Waals surface area contributed by atoms with Crippen LogP contribution in [-0.2, 0) is 17.5 Å². The molecular formula is C31H29F3N2O3S. The molecule has 4 aromatic rings. The van der Waals surface area contributed by atoms with Crippen molar-refractivity contribution in [2.75, 3.05) is 11.9 Å². The van der Waals surface area contributed by atoms with Crippen LogP contribution in [0.3, 0.4) is 0 Å². The smallest absolute Gasteiger partial charge is 0.376 e. The first-order valence-electron chi connectivity index (χ1n) is 13.2. The summed E-state index contributed by atoms with van der Waals surface area (Å²) in [4.78, 5) is 30.1. The molecule has 0 spiro atoms. The first-order chi connectivity index (χ1) is 19.2. The molecule has 9 heteroatoms. The molecular weight excluding hydrogens is 537 g/mol. The number of rotatable bonds is 8. The summed E-state index contributed by atoms with van der Waals surface area (Å²) >= 11 is 1.53. The quantitative estimate of drug-likeness (QED) is 0.218. The Morgan fingerprint density at radius 2 is 1.75 bits per heavy atom. The molecule has 0 bridgehead atoms. The van der Waals surface area contributed by atoms with Crippen LogP contribution < -0.4 is 5.32 Å². The summed E-state index contributed by atoms with van der Waals surface area (Å²) in [5.41, 5.74) is 1.32. The number of benzene rings is 3. The third-order valence-corrected chi connectivity index (χ3v) is 8.47. The van der Waals surface area contributed by atoms with Gasteiger partial charge in [0.05, 0.1) is 33.1 Å². The molecule has 1 aromatic heterocycles. The fourth-order valence-corrected chi connectivity index (χ4v) is 6.24. The van der Waals surface area contributed by atoms with E-state index in [2.05, 4.69) is 17.4 Å². The summed E-state index contributed by atoms with van der Waals surface area (Å²) in [5.74, 6) is -0.166. The number of aromatic nitrogens is 1. The summed E-state index contributed by atoms with van der Waals surface area (Å²) in [6, 6.07) is 17.7. The largest absolute Gasteiger partial charge is 0.416 e. The van der Waals surface area contributed by atoms with Crippen molar-refractivity contribution in [1.29, 1.82) is 0 Å². The number of ether oxygens (including phenoxy) is 1. The topological polar surface area (TPSA) is 68.3 Å². The predicted octanol–water partition coefficient (Wildman–Crippen LogP) is 8.26. The van der Waals surface area contributed by atoms with E-state index in [-0.39, 0.29) is 22.6 Å². The minimum absolute atomic E-state index is 0.140. The monoisotopic (exact) mass is 566 g/mol. The number of amides is 1. The van der Waals surface area contributed by atoms with Crippen molar-refractivity contribution < 1.29 is 27.5 Å². The summed E-state index contributed by atoms with van der Waals surface area (Å²) in [6.45, 7) is 2.73. The van der Waals surface area contributed by atoms with Gasteiger partial charge >= 0.3 is 6.18 Å². The average molecular weight is 567 g/mol. The number of thiazole rings is 1. The fraction of sp³-hybridized carbons (Fsp3) is 0.323. The van der Waals surface area contributed by atoms with Gasteiger partial charge in [0.15, 0.2) is 5.78 Å². The third kappa shape index (κ3) is 6.59. The van der Waals surface area contributed by atoms with Crippen molar-refractivity contribution in [3.05, 3.63) is 94.0 Å². The Morgan fingerprint density at radius 3 is 2.45 bits per heavy atom. The standard InChI is InChI=1S/C31H29F3N2O3S/c1-19(37)25-15-27-28(16-26(25)35-29(38)23-8-5-9-24(14-23)31(32,33)34)40-30(36-27)22-12-10-21(11-13-22)18-39-17-20-6-3-2-4-7-20/h2-9,14-16,21-22H,10-13,17-18H2,1H3,(H,35,38). The number of anilines is 1. The van der Waals surface area contributed by atoms with Crippen molar-refractivity contribution in [1.82, 2.24) is 4.98 Å². The van der Waals surface area contributed by atoms with E-state index < -0.39 is 17.6 Å². The SMILES string of the molecule is CC(=O)c1cc2nc(C3CCC(COCc4ccccc4)CC3)sc2cc1NC(=O)c1cccc(C(F)(F)F)c1. The second kappa shape index (κ2) is 11.9. The summed E-state index contributed by atoms with van der Waals surface area (Å²) in [7, 11) is 0. The van der Waals surface area contributed by atoms with Gasteiger partial charge < -0.3 is 10.1 Å². The average Bonchev–Trinajstić information content (AvgIpc) is 3.36. The maximum atomic E-state index is 13.1. The molecule has 5 nitrogen and oxygen atoms in total. The van der Waals surface area contributed by atoms with E-state index in [1.54, 1.807) is 12.1 Å². The zero-order valence-corrected chi connectivity index (χ0v) is 22.8. The number of nitrogens with zero attached hydrogens (tertiary/aromatic N) is 1. The highest BCUT2D eigenvalue weighted by Crippen LogP contribution is 2.40. The molecule has 0 aliphatic heterocycles. The van der Waals surface area contributed by atoms with Gasteiger partial charge in [-0.1, -0.05) is 36.4 Å². The Balaban J connectivity index is 1.26. The van der Waals surface area contributed by atoms with Gasteiger partial charge in [-0.25, -0.2) is 4.98 Å². The van der Waals surface area contributed by atoms with Crippen LogP contribution in [0.4, 0.5) is 18.9 Å². The zero-order valence-electron chi connectivity index (χ0n) is 22.0. The number of Topliss-reactive ketones (excluding diaryl/α,β-unsaturated/α-hetero) is 1. The first-order valence-corrected chi connectivity index (χ1v) is 14.0. The second-order valence-electron chi connectivity index (χ2n) is 10.2. The Bertz CT molecular complexity index is 1510. The van der Waals surface area contributed by atoms with Gasteiger partial charge in [-0.05, 0) is 74.4 Å². The number of hydrogen-bond acceptors (Lipinski definition) is 5. The Hall–Kier alpha value is -3.56. The van der Waals surface area contributed by atoms with Crippen molar-refractivity contribution in [3.63, 3.8) is 0 Å². The van der Waals surface area contributed by atoms with E-state index >= 15 is 0 Å². The molecule has 1 aliphatic carbocycles. The molecule has 1 amide bonds. The molecule has 0 unspecified atom stereocenters. The summed E-state index contributed by atoms with van der Waals surface area (Å²) in [5, 5.41) is 3.64. The van der Waals surface area contributed by atoms with Gasteiger partial charge in [0.25, 0.3) is 5.91 Å². The Morgan fingerprint density at radius 1 is 1.00 bits per heavy atom. The van der Waals surface area contributed by atoms with Crippen molar-refractivity contribution in [3.8, 4) is 0 Å². The van der Waals surface area contributed by atoms with E-state index in [0.29, 0.717) is 24.0 Å². The predicted molar refractivity (Wildman–Crippen MR) is 150 cm³/mol. The van der Waals surface area contributed by atoms with Crippen molar-refractivity contribution in [2.24, 2.45) is 5.92 Å². The Labute approximate surface area is 234 Å². The minimum atomic E-state index is -4.56. The molecule has 0 atom stereocenters. The number of nitrogens with one attached hydrogen (secondary N) is 1. The lowest BCUT2D eigenvalue weighted by molar-refractivity contribution is -0.137. The van der Waals surface area contributed by atoms with Gasteiger partial charge in [0, 0.05) is 23.7 Å². The van der Waals surface area contributed by atoms with Gasteiger partial charge in [0.2, 0.25) is 0 Å². The maximum absolute atomic E-state index is 13.1. The van der Waals surface area contributed by atoms with Crippen LogP contribution >= 0.6 is 11.3 Å². The van der Waals surface area contributed by atoms with Crippen molar-refractivity contribution in [2.45, 2.75) is 51.3 Å². The van der Waals surface area contributed by atoms with Crippen molar-refractivity contribution >= 4 is 38.9 Å². The van der Waals surface area contributed by atoms with Crippen LogP contribution in [0.2, 0.25) is 0 Å². The number of carbonyl (C=O) groups excluding carboxylic acids is 2. The highest BCUT2D eigenvalue weighted by Gasteiger charge is 2.31. The van der Waals surface area contributed by atoms with Gasteiger partial charge in [0.1, 0.15) is 0 Å². The molecule has 40 heavy (non-hydrogen) atoms. The van der Waals surface area contributed by atoms with Crippen LogP contribution in [0, 0.1) is 5.92 Å². The maximum Gasteiger partial charge on any atom is 0.416 e. The molecule has 5 rings (SSSR count). The van der Waals surface area contributed by atoms with Crippen LogP contribution in [0.15, 0.2) is 66.7 Å². The van der Waals surface area contributed by atoms with E-state index in [9.17, 15) is 22.8 Å². The lowest BCUT2D eigenvalue weighted by Crippen LogP contribution is -2.17. The lowest BCUT2D eigenvalue weighted by Gasteiger charge is -2.27. The lowest BCUT2D eigenvalue weighted by atomic mass is 9.83. The molecule has 1 heterocycles. The molecule has 1 N–H and O–H groups in total. The van der Waals surface area contributed by atoms with Crippen LogP contribution in [0.5, 0.6) is 0 Å². The molecule has 1 fully saturated rings. The van der Waals surface area contributed by atoms with Crippen LogP contribution in [0.1, 0.15) is 75.4 Å². The van der Waals surface area contributed by atoms with E-state index in [1.807, 2.05) is 18.2 Å². The van der Waals surface area contributed by atoms with Crippen LogP contribution in [-0.4, -0.2) is 23.3 Å². The van der Waals surface area contributed by atoms with E-state index in [1.165, 1.54) is 36.0 Å². The first kappa shape index (κ1) is 28.0. The highest BCUT2D eigenvalue weighted by atomic mass is 32.1. The van der Waals surface area contributed by atoms with E-state index in [4.69, 9.17) is 9.72 Å². The van der Waals surface area contributed by atoms with Crippen LogP contribution in [0.25, 0.3) is 10.2 Å². The summed E-state index contributed by atoms with van der Waals surface area (Å²) in [6.07, 6.45) is -0.471. The van der Waals surface area contributed by atoms with E-state index in [0.717, 1.165) is 54.1 Å². The number of alkyl halides is 3. The Kier molecular flexibility index (Phi) is 8.32. The number of hydrogen-bond donors (Lipinski definition) is 1. The normalized spacial score (nSPS) is 17.6. The van der Waals surface area contributed by atoms with Gasteiger partial charge in [-0.15, -0.1) is 11.3 Å². The highest BCUT2D eigenvalue weighted by molar-refractivity contribution is 7.18. The zero-order chi connectivity index (χ0) is 28.3. The molecule has 0 radical (unpaired) electrons. The third-order valence-electron chi connectivity index (χ3n) is 7.28. The molecule has 1 saturated carbocycles. The number of fused-ring (bicyclic) bond motifs is 1. The second-order valence-corrected chi connectivity index (χ2v) is 11.3. The number of carbonyl (C=O) groups is 2. The number of ketones is 1. The minimum Gasteiger partial charge on any atom is -0.376 e. The number of halogens is 3. The van der Waals surface area contributed by atoms with Gasteiger partial charge in [-0.2, -0.15) is 13.2 Å².